The Kier molecular flexibility index (Phi) is 3.72. The second-order valence-corrected chi connectivity index (χ2v) is 5.47. The third-order valence-electron chi connectivity index (χ3n) is 3.34. The minimum Gasteiger partial charge on any atom is -0.392 e. The number of hydrogen-bond acceptors (Lipinski definition) is 2. The molecule has 0 spiro atoms. The zero-order valence-electron chi connectivity index (χ0n) is 10.9. The topological polar surface area (TPSA) is 42.2 Å². The Bertz CT molecular complexity index is 839. The number of nitrogens with zero attached hydrogens (tertiary/aromatic N) is 1. The second kappa shape index (κ2) is 5.53. The highest BCUT2D eigenvalue weighted by molar-refractivity contribution is 6.36. The van der Waals surface area contributed by atoms with Crippen molar-refractivity contribution in [2.45, 2.75) is 6.61 Å². The Balaban J connectivity index is 2.20. The molecule has 0 saturated heterocycles. The Morgan fingerprint density at radius 3 is 2.67 bits per heavy atom. The lowest BCUT2D eigenvalue weighted by atomic mass is 10.2. The van der Waals surface area contributed by atoms with E-state index in [-0.39, 0.29) is 12.5 Å². The van der Waals surface area contributed by atoms with Crippen molar-refractivity contribution >= 4 is 40.0 Å². The fraction of sp³-hybridized carbons (Fsp3) is 0.0625. The van der Waals surface area contributed by atoms with Crippen molar-refractivity contribution < 1.29 is 9.90 Å². The molecule has 106 valence electrons. The van der Waals surface area contributed by atoms with E-state index in [1.54, 1.807) is 24.4 Å². The average Bonchev–Trinajstić information content (AvgIpc) is 2.88. The van der Waals surface area contributed by atoms with E-state index < -0.39 is 0 Å². The quantitative estimate of drug-likeness (QED) is 0.771. The van der Waals surface area contributed by atoms with Gasteiger partial charge in [0.1, 0.15) is 0 Å². The molecule has 2 aromatic carbocycles. The first-order chi connectivity index (χ1) is 10.1. The first kappa shape index (κ1) is 14.1. The van der Waals surface area contributed by atoms with Crippen LogP contribution in [0.1, 0.15) is 15.9 Å². The van der Waals surface area contributed by atoms with Crippen LogP contribution in [0.5, 0.6) is 0 Å². The minimum absolute atomic E-state index is 0.135. The summed E-state index contributed by atoms with van der Waals surface area (Å²) in [5, 5.41) is 11.1. The molecule has 3 nitrogen and oxygen atoms in total. The van der Waals surface area contributed by atoms with Crippen LogP contribution in [0.15, 0.2) is 48.7 Å². The third-order valence-corrected chi connectivity index (χ3v) is 3.91. The van der Waals surface area contributed by atoms with Gasteiger partial charge >= 0.3 is 0 Å². The zero-order chi connectivity index (χ0) is 15.0. The van der Waals surface area contributed by atoms with Gasteiger partial charge in [-0.1, -0.05) is 41.4 Å². The van der Waals surface area contributed by atoms with Gasteiger partial charge in [-0.3, -0.25) is 9.36 Å². The highest BCUT2D eigenvalue weighted by Gasteiger charge is 2.17. The lowest BCUT2D eigenvalue weighted by Crippen LogP contribution is -2.11. The van der Waals surface area contributed by atoms with E-state index in [0.29, 0.717) is 21.2 Å². The van der Waals surface area contributed by atoms with Gasteiger partial charge in [-0.25, -0.2) is 0 Å². The maximum atomic E-state index is 12.7. The maximum Gasteiger partial charge on any atom is 0.263 e. The molecule has 0 radical (unpaired) electrons. The number of aliphatic hydroxyl groups excluding tert-OH is 1. The molecule has 0 aliphatic rings. The summed E-state index contributed by atoms with van der Waals surface area (Å²) < 4.78 is 1.48. The number of aliphatic hydroxyl groups is 1. The molecule has 1 aromatic heterocycles. The predicted octanol–water partition coefficient (Wildman–Crippen LogP) is 4.13. The van der Waals surface area contributed by atoms with Crippen molar-refractivity contribution in [2.75, 3.05) is 0 Å². The van der Waals surface area contributed by atoms with Crippen LogP contribution < -0.4 is 0 Å². The predicted molar refractivity (Wildman–Crippen MR) is 84.1 cm³/mol. The lowest BCUT2D eigenvalue weighted by Gasteiger charge is -2.06. The normalized spacial score (nSPS) is 11.0. The number of aromatic nitrogens is 1. The van der Waals surface area contributed by atoms with E-state index in [1.807, 2.05) is 24.3 Å². The number of benzene rings is 2. The zero-order valence-corrected chi connectivity index (χ0v) is 12.4. The van der Waals surface area contributed by atoms with Crippen LogP contribution in [-0.2, 0) is 6.61 Å². The SMILES string of the molecule is O=C(c1cc(Cl)ccc1Cl)n1cc(CO)c2ccccc21. The number of carbonyl (C=O) groups excluding carboxylic acids is 1. The van der Waals surface area contributed by atoms with E-state index in [1.165, 1.54) is 4.57 Å². The number of rotatable bonds is 2. The van der Waals surface area contributed by atoms with E-state index in [4.69, 9.17) is 23.2 Å². The molecule has 0 aliphatic carbocycles. The van der Waals surface area contributed by atoms with Gasteiger partial charge in [0, 0.05) is 22.2 Å². The molecule has 1 heterocycles. The summed E-state index contributed by atoms with van der Waals surface area (Å²) in [5.74, 6) is -0.279. The summed E-state index contributed by atoms with van der Waals surface area (Å²) in [6.45, 7) is -0.135. The summed E-state index contributed by atoms with van der Waals surface area (Å²) >= 11 is 12.0. The van der Waals surface area contributed by atoms with Crippen LogP contribution >= 0.6 is 23.2 Å². The fourth-order valence-corrected chi connectivity index (χ4v) is 2.71. The van der Waals surface area contributed by atoms with Gasteiger partial charge in [-0.15, -0.1) is 0 Å². The molecule has 0 unspecified atom stereocenters. The van der Waals surface area contributed by atoms with Crippen LogP contribution in [-0.4, -0.2) is 15.6 Å². The van der Waals surface area contributed by atoms with Crippen LogP contribution in [0.25, 0.3) is 10.9 Å². The van der Waals surface area contributed by atoms with Crippen molar-refractivity contribution in [2.24, 2.45) is 0 Å². The van der Waals surface area contributed by atoms with Gasteiger partial charge in [0.15, 0.2) is 0 Å². The van der Waals surface area contributed by atoms with Gasteiger partial charge in [0.05, 0.1) is 22.7 Å². The van der Waals surface area contributed by atoms with Gasteiger partial charge in [-0.05, 0) is 24.3 Å². The van der Waals surface area contributed by atoms with E-state index in [9.17, 15) is 9.90 Å². The van der Waals surface area contributed by atoms with Crippen molar-refractivity contribution in [3.63, 3.8) is 0 Å². The van der Waals surface area contributed by atoms with Crippen molar-refractivity contribution in [3.05, 3.63) is 69.8 Å². The number of halogens is 2. The molecule has 0 amide bonds. The summed E-state index contributed by atoms with van der Waals surface area (Å²) in [7, 11) is 0. The number of hydrogen-bond donors (Lipinski definition) is 1. The first-order valence-electron chi connectivity index (χ1n) is 6.31. The van der Waals surface area contributed by atoms with E-state index in [0.717, 1.165) is 10.9 Å². The molecule has 3 rings (SSSR count). The minimum atomic E-state index is -0.279. The third kappa shape index (κ3) is 2.44. The van der Waals surface area contributed by atoms with Gasteiger partial charge < -0.3 is 5.11 Å². The van der Waals surface area contributed by atoms with Gasteiger partial charge in [-0.2, -0.15) is 0 Å². The monoisotopic (exact) mass is 319 g/mol. The lowest BCUT2D eigenvalue weighted by molar-refractivity contribution is 0.0965. The van der Waals surface area contributed by atoms with Crippen molar-refractivity contribution in [1.29, 1.82) is 0 Å². The second-order valence-electron chi connectivity index (χ2n) is 4.63. The Labute approximate surface area is 131 Å². The summed E-state index contributed by atoms with van der Waals surface area (Å²) in [5.41, 5.74) is 1.74. The number of fused-ring (bicyclic) bond motifs is 1. The Morgan fingerprint density at radius 1 is 1.14 bits per heavy atom. The first-order valence-corrected chi connectivity index (χ1v) is 7.07. The van der Waals surface area contributed by atoms with E-state index >= 15 is 0 Å². The standard InChI is InChI=1S/C16H11Cl2NO2/c17-11-5-6-14(18)13(7-11)16(21)19-8-10(9-20)12-3-1-2-4-15(12)19/h1-8,20H,9H2. The Morgan fingerprint density at radius 2 is 1.90 bits per heavy atom. The van der Waals surface area contributed by atoms with Crippen LogP contribution in [0.3, 0.4) is 0 Å². The molecule has 21 heavy (non-hydrogen) atoms. The molecule has 1 N–H and O–H groups in total. The van der Waals surface area contributed by atoms with Crippen molar-refractivity contribution in [3.8, 4) is 0 Å². The molecule has 0 atom stereocenters. The Hall–Kier alpha value is -1.81. The number of para-hydroxylation sites is 1. The summed E-state index contributed by atoms with van der Waals surface area (Å²) in [6.07, 6.45) is 1.63. The number of carbonyl (C=O) groups is 1. The molecule has 0 fully saturated rings. The molecular weight excluding hydrogens is 309 g/mol. The largest absolute Gasteiger partial charge is 0.392 e. The van der Waals surface area contributed by atoms with Gasteiger partial charge in [0.2, 0.25) is 0 Å². The maximum absolute atomic E-state index is 12.7. The highest BCUT2D eigenvalue weighted by Crippen LogP contribution is 2.26. The molecule has 0 bridgehead atoms. The average molecular weight is 320 g/mol. The molecule has 5 heteroatoms. The summed E-state index contributed by atoms with van der Waals surface area (Å²) in [4.78, 5) is 12.7. The van der Waals surface area contributed by atoms with Crippen LogP contribution in [0, 0.1) is 0 Å². The molecule has 0 aliphatic heterocycles. The smallest absolute Gasteiger partial charge is 0.263 e. The van der Waals surface area contributed by atoms with Crippen LogP contribution in [0.2, 0.25) is 10.0 Å². The summed E-state index contributed by atoms with van der Waals surface area (Å²) in [6, 6.07) is 12.2. The molecule has 0 saturated carbocycles. The van der Waals surface area contributed by atoms with E-state index in [2.05, 4.69) is 0 Å². The highest BCUT2D eigenvalue weighted by atomic mass is 35.5. The van der Waals surface area contributed by atoms with Crippen molar-refractivity contribution in [1.82, 2.24) is 4.57 Å². The van der Waals surface area contributed by atoms with Crippen LogP contribution in [0.4, 0.5) is 0 Å². The molecular formula is C16H11Cl2NO2. The fourth-order valence-electron chi connectivity index (χ4n) is 2.34. The van der Waals surface area contributed by atoms with Gasteiger partial charge in [0.25, 0.3) is 5.91 Å². The molecule has 3 aromatic rings.